The van der Waals surface area contributed by atoms with Gasteiger partial charge in [-0.2, -0.15) is 5.10 Å². The smallest absolute Gasteiger partial charge is 0.187 e. The van der Waals surface area contributed by atoms with Crippen molar-refractivity contribution in [3.8, 4) is 0 Å². The van der Waals surface area contributed by atoms with Gasteiger partial charge in [-0.3, -0.25) is 9.48 Å². The molecule has 0 amide bonds. The van der Waals surface area contributed by atoms with E-state index in [1.165, 1.54) is 18.3 Å². The van der Waals surface area contributed by atoms with E-state index in [0.29, 0.717) is 5.56 Å². The molecule has 0 bridgehead atoms. The molecular weight excluding hydrogens is 233 g/mol. The predicted molar refractivity (Wildman–Crippen MR) is 65.6 cm³/mol. The van der Waals surface area contributed by atoms with Crippen LogP contribution in [0.25, 0.3) is 0 Å². The van der Waals surface area contributed by atoms with E-state index in [4.69, 9.17) is 5.73 Å². The third kappa shape index (κ3) is 2.31. The number of benzene rings is 1. The first-order chi connectivity index (χ1) is 8.49. The summed E-state index contributed by atoms with van der Waals surface area (Å²) in [5, 5.41) is 3.94. The number of nitrogens with two attached hydrogens (primary N) is 1. The summed E-state index contributed by atoms with van der Waals surface area (Å²) in [6.45, 7) is 1.80. The van der Waals surface area contributed by atoms with Crippen molar-refractivity contribution in [3.05, 3.63) is 53.1 Å². The van der Waals surface area contributed by atoms with Crippen LogP contribution in [0.4, 0.5) is 4.39 Å². The second kappa shape index (κ2) is 4.70. The predicted octanol–water partition coefficient (Wildman–Crippen LogP) is 1.75. The number of nitrogens with zero attached hydrogens (tertiary/aromatic N) is 2. The largest absolute Gasteiger partial charge is 0.317 e. The molecule has 2 aromatic rings. The number of hydrogen-bond acceptors (Lipinski definition) is 3. The SMILES string of the molecule is Cc1ccc(F)c(C(=O)C(N)c2cnn(C)c2)c1. The number of carbonyl (C=O) groups is 1. The maximum absolute atomic E-state index is 13.6. The summed E-state index contributed by atoms with van der Waals surface area (Å²) in [6, 6.07) is 3.50. The number of halogens is 1. The van der Waals surface area contributed by atoms with Gasteiger partial charge in [0.2, 0.25) is 0 Å². The van der Waals surface area contributed by atoms with Gasteiger partial charge in [0, 0.05) is 18.8 Å². The van der Waals surface area contributed by atoms with E-state index >= 15 is 0 Å². The van der Waals surface area contributed by atoms with Crippen LogP contribution < -0.4 is 5.73 Å². The second-order valence-corrected chi connectivity index (χ2v) is 4.27. The first kappa shape index (κ1) is 12.4. The topological polar surface area (TPSA) is 60.9 Å². The lowest BCUT2D eigenvalue weighted by Crippen LogP contribution is -2.22. The van der Waals surface area contributed by atoms with Gasteiger partial charge < -0.3 is 5.73 Å². The molecule has 0 spiro atoms. The fourth-order valence-corrected chi connectivity index (χ4v) is 1.75. The molecule has 0 saturated carbocycles. The zero-order valence-electron chi connectivity index (χ0n) is 10.2. The van der Waals surface area contributed by atoms with Crippen LogP contribution in [0.3, 0.4) is 0 Å². The highest BCUT2D eigenvalue weighted by atomic mass is 19.1. The van der Waals surface area contributed by atoms with Crippen LogP contribution in [-0.2, 0) is 7.05 Å². The molecule has 94 valence electrons. The zero-order valence-corrected chi connectivity index (χ0v) is 10.2. The Morgan fingerprint density at radius 3 is 2.83 bits per heavy atom. The minimum absolute atomic E-state index is 0.0198. The maximum atomic E-state index is 13.6. The minimum atomic E-state index is -0.894. The zero-order chi connectivity index (χ0) is 13.3. The Morgan fingerprint density at radius 1 is 1.50 bits per heavy atom. The molecule has 5 heteroatoms. The van der Waals surface area contributed by atoms with E-state index in [1.54, 1.807) is 30.9 Å². The molecule has 4 nitrogen and oxygen atoms in total. The number of carbonyl (C=O) groups excluding carboxylic acids is 1. The van der Waals surface area contributed by atoms with Gasteiger partial charge in [-0.15, -0.1) is 0 Å². The minimum Gasteiger partial charge on any atom is -0.317 e. The normalized spacial score (nSPS) is 12.4. The third-order valence-electron chi connectivity index (χ3n) is 2.75. The van der Waals surface area contributed by atoms with Gasteiger partial charge in [-0.05, 0) is 19.1 Å². The Labute approximate surface area is 104 Å². The Hall–Kier alpha value is -2.01. The molecule has 0 radical (unpaired) electrons. The first-order valence-corrected chi connectivity index (χ1v) is 5.53. The molecule has 0 saturated heterocycles. The maximum Gasteiger partial charge on any atom is 0.187 e. The summed E-state index contributed by atoms with van der Waals surface area (Å²) in [6.07, 6.45) is 3.16. The summed E-state index contributed by atoms with van der Waals surface area (Å²) >= 11 is 0. The van der Waals surface area contributed by atoms with Crippen LogP contribution in [0.15, 0.2) is 30.6 Å². The summed E-state index contributed by atoms with van der Waals surface area (Å²) in [4.78, 5) is 12.1. The highest BCUT2D eigenvalue weighted by molar-refractivity contribution is 6.00. The lowest BCUT2D eigenvalue weighted by Gasteiger charge is -2.09. The molecule has 0 aliphatic carbocycles. The van der Waals surface area contributed by atoms with E-state index in [2.05, 4.69) is 5.10 Å². The van der Waals surface area contributed by atoms with Crippen LogP contribution >= 0.6 is 0 Å². The quantitative estimate of drug-likeness (QED) is 0.840. The highest BCUT2D eigenvalue weighted by Crippen LogP contribution is 2.18. The molecule has 18 heavy (non-hydrogen) atoms. The van der Waals surface area contributed by atoms with Crippen LogP contribution in [0, 0.1) is 12.7 Å². The van der Waals surface area contributed by atoms with Crippen molar-refractivity contribution in [1.29, 1.82) is 0 Å². The van der Waals surface area contributed by atoms with Crippen LogP contribution in [0.2, 0.25) is 0 Å². The van der Waals surface area contributed by atoms with Crippen molar-refractivity contribution < 1.29 is 9.18 Å². The monoisotopic (exact) mass is 247 g/mol. The molecule has 1 heterocycles. The van der Waals surface area contributed by atoms with Crippen molar-refractivity contribution in [2.24, 2.45) is 12.8 Å². The van der Waals surface area contributed by atoms with Crippen molar-refractivity contribution >= 4 is 5.78 Å². The number of aryl methyl sites for hydroxylation is 2. The molecule has 1 unspecified atom stereocenters. The lowest BCUT2D eigenvalue weighted by atomic mass is 9.99. The van der Waals surface area contributed by atoms with Crippen LogP contribution in [0.1, 0.15) is 27.5 Å². The molecule has 0 aliphatic rings. The summed E-state index contributed by atoms with van der Waals surface area (Å²) < 4.78 is 15.2. The molecule has 1 aromatic heterocycles. The molecule has 2 rings (SSSR count). The average Bonchev–Trinajstić information content (AvgIpc) is 2.77. The average molecular weight is 247 g/mol. The van der Waals surface area contributed by atoms with Gasteiger partial charge in [0.05, 0.1) is 17.8 Å². The van der Waals surface area contributed by atoms with Gasteiger partial charge in [-0.1, -0.05) is 11.6 Å². The van der Waals surface area contributed by atoms with Crippen molar-refractivity contribution in [2.45, 2.75) is 13.0 Å². The standard InChI is InChI=1S/C13H14FN3O/c1-8-3-4-11(14)10(5-8)13(18)12(15)9-6-16-17(2)7-9/h3-7,12H,15H2,1-2H3. The van der Waals surface area contributed by atoms with E-state index < -0.39 is 17.6 Å². The summed E-state index contributed by atoms with van der Waals surface area (Å²) in [5.74, 6) is -0.992. The molecular formula is C13H14FN3O. The Kier molecular flexibility index (Phi) is 3.25. The first-order valence-electron chi connectivity index (χ1n) is 5.53. The van der Waals surface area contributed by atoms with Gasteiger partial charge in [0.15, 0.2) is 5.78 Å². The van der Waals surface area contributed by atoms with Gasteiger partial charge in [0.1, 0.15) is 5.82 Å². The van der Waals surface area contributed by atoms with E-state index in [-0.39, 0.29) is 5.56 Å². The third-order valence-corrected chi connectivity index (χ3v) is 2.75. The molecule has 0 aliphatic heterocycles. The fraction of sp³-hybridized carbons (Fsp3) is 0.231. The lowest BCUT2D eigenvalue weighted by molar-refractivity contribution is 0.0957. The van der Waals surface area contributed by atoms with Gasteiger partial charge in [-0.25, -0.2) is 4.39 Å². The van der Waals surface area contributed by atoms with Crippen LogP contribution in [-0.4, -0.2) is 15.6 Å². The Morgan fingerprint density at radius 2 is 2.22 bits per heavy atom. The summed E-state index contributed by atoms with van der Waals surface area (Å²) in [7, 11) is 1.73. The highest BCUT2D eigenvalue weighted by Gasteiger charge is 2.21. The molecule has 0 fully saturated rings. The van der Waals surface area contributed by atoms with Crippen molar-refractivity contribution in [3.63, 3.8) is 0 Å². The van der Waals surface area contributed by atoms with Gasteiger partial charge >= 0.3 is 0 Å². The number of ketones is 1. The summed E-state index contributed by atoms with van der Waals surface area (Å²) in [5.41, 5.74) is 7.24. The van der Waals surface area contributed by atoms with E-state index in [9.17, 15) is 9.18 Å². The second-order valence-electron chi connectivity index (χ2n) is 4.27. The van der Waals surface area contributed by atoms with E-state index in [1.807, 2.05) is 0 Å². The Balaban J connectivity index is 2.33. The number of hydrogen-bond donors (Lipinski definition) is 1. The molecule has 1 atom stereocenters. The van der Waals surface area contributed by atoms with Crippen LogP contribution in [0.5, 0.6) is 0 Å². The van der Waals surface area contributed by atoms with Crippen molar-refractivity contribution in [1.82, 2.24) is 9.78 Å². The Bertz CT molecular complexity index is 592. The fourth-order valence-electron chi connectivity index (χ4n) is 1.75. The number of Topliss-reactive ketones (excluding diaryl/α,β-unsaturated/α-hetero) is 1. The number of rotatable bonds is 3. The molecule has 2 N–H and O–H groups in total. The van der Waals surface area contributed by atoms with Crippen molar-refractivity contribution in [2.75, 3.05) is 0 Å². The molecule has 1 aromatic carbocycles. The van der Waals surface area contributed by atoms with Gasteiger partial charge in [0.25, 0.3) is 0 Å². The van der Waals surface area contributed by atoms with E-state index in [0.717, 1.165) is 5.56 Å². The number of aromatic nitrogens is 2.